The molecule has 66 valence electrons. The lowest BCUT2D eigenvalue weighted by atomic mass is 9.85. The van der Waals surface area contributed by atoms with E-state index < -0.39 is 0 Å². The van der Waals surface area contributed by atoms with Crippen molar-refractivity contribution in [2.45, 2.75) is 26.7 Å². The van der Waals surface area contributed by atoms with E-state index in [1.807, 2.05) is 0 Å². The largest absolute Gasteiger partial charge is 0.507 e. The zero-order valence-electron chi connectivity index (χ0n) is 7.55. The molecule has 0 radical (unpaired) electrons. The predicted molar refractivity (Wildman–Crippen MR) is 47.9 cm³/mol. The maximum Gasteiger partial charge on any atom is 0.195 e. The summed E-state index contributed by atoms with van der Waals surface area (Å²) in [5, 5.41) is 9.22. The number of Topliss-reactive ketones (excluding diaryl/α,β-unsaturated/α-hetero) is 1. The highest BCUT2D eigenvalue weighted by atomic mass is 16.3. The van der Waals surface area contributed by atoms with Crippen LogP contribution in [0.4, 0.5) is 0 Å². The van der Waals surface area contributed by atoms with Crippen LogP contribution in [0.3, 0.4) is 0 Å². The molecular formula is C10H14O2. The molecule has 0 fully saturated rings. The fourth-order valence-electron chi connectivity index (χ4n) is 1.18. The zero-order valence-corrected chi connectivity index (χ0v) is 7.55. The van der Waals surface area contributed by atoms with Crippen LogP contribution in [-0.4, -0.2) is 10.9 Å². The van der Waals surface area contributed by atoms with Gasteiger partial charge < -0.3 is 5.11 Å². The third kappa shape index (κ3) is 1.42. The Balaban J connectivity index is 2.55. The molecule has 0 amide bonds. The van der Waals surface area contributed by atoms with Gasteiger partial charge in [0.2, 0.25) is 0 Å². The average molecular weight is 166 g/mol. The van der Waals surface area contributed by atoms with Crippen molar-refractivity contribution in [3.05, 3.63) is 23.5 Å². The Hall–Kier alpha value is -1.05. The Morgan fingerprint density at radius 2 is 2.08 bits per heavy atom. The van der Waals surface area contributed by atoms with Crippen LogP contribution < -0.4 is 0 Å². The molecule has 0 saturated carbocycles. The van der Waals surface area contributed by atoms with Crippen LogP contribution in [0, 0.1) is 5.92 Å². The lowest BCUT2D eigenvalue weighted by molar-refractivity contribution is -0.114. The second-order valence-electron chi connectivity index (χ2n) is 3.57. The number of carbonyl (C=O) groups excluding carboxylic acids is 1. The number of aliphatic hydroxyl groups excluding tert-OH is 1. The fourth-order valence-corrected chi connectivity index (χ4v) is 1.18. The van der Waals surface area contributed by atoms with Gasteiger partial charge in [-0.15, -0.1) is 0 Å². The third-order valence-electron chi connectivity index (χ3n) is 2.09. The van der Waals surface area contributed by atoms with Gasteiger partial charge in [-0.2, -0.15) is 0 Å². The molecule has 2 nitrogen and oxygen atoms in total. The van der Waals surface area contributed by atoms with E-state index in [0.29, 0.717) is 17.9 Å². The molecule has 1 aliphatic carbocycles. The van der Waals surface area contributed by atoms with E-state index in [1.165, 1.54) is 0 Å². The van der Waals surface area contributed by atoms with Crippen LogP contribution >= 0.6 is 0 Å². The van der Waals surface area contributed by atoms with Gasteiger partial charge in [0.25, 0.3) is 0 Å². The third-order valence-corrected chi connectivity index (χ3v) is 2.09. The molecule has 1 aliphatic rings. The second kappa shape index (κ2) is 3.13. The molecule has 0 atom stereocenters. The summed E-state index contributed by atoms with van der Waals surface area (Å²) in [7, 11) is 0. The van der Waals surface area contributed by atoms with E-state index in [-0.39, 0.29) is 17.1 Å². The SMILES string of the molecule is C=C1C(=O)C(CCC(C)C)=C1O. The number of carbonyl (C=O) groups is 1. The lowest BCUT2D eigenvalue weighted by Gasteiger charge is -2.20. The van der Waals surface area contributed by atoms with Gasteiger partial charge in [-0.05, 0) is 18.8 Å². The molecule has 0 bridgehead atoms. The molecule has 0 saturated heterocycles. The maximum absolute atomic E-state index is 11.1. The number of rotatable bonds is 3. The summed E-state index contributed by atoms with van der Waals surface area (Å²) in [6, 6.07) is 0. The van der Waals surface area contributed by atoms with Gasteiger partial charge in [0.15, 0.2) is 5.78 Å². The summed E-state index contributed by atoms with van der Waals surface area (Å²) in [6.45, 7) is 7.63. The van der Waals surface area contributed by atoms with Crippen molar-refractivity contribution in [1.82, 2.24) is 0 Å². The Morgan fingerprint density at radius 1 is 1.50 bits per heavy atom. The first-order valence-electron chi connectivity index (χ1n) is 4.20. The van der Waals surface area contributed by atoms with E-state index in [9.17, 15) is 9.90 Å². The molecular weight excluding hydrogens is 152 g/mol. The minimum Gasteiger partial charge on any atom is -0.507 e. The Bertz CT molecular complexity index is 259. The number of hydrogen-bond acceptors (Lipinski definition) is 2. The van der Waals surface area contributed by atoms with Crippen LogP contribution in [-0.2, 0) is 4.79 Å². The van der Waals surface area contributed by atoms with Gasteiger partial charge in [-0.1, -0.05) is 20.4 Å². The van der Waals surface area contributed by atoms with E-state index in [2.05, 4.69) is 20.4 Å². The number of ketones is 1. The van der Waals surface area contributed by atoms with Gasteiger partial charge in [0.1, 0.15) is 5.76 Å². The predicted octanol–water partition coefficient (Wildman–Crippen LogP) is 2.37. The first kappa shape index (κ1) is 9.04. The monoisotopic (exact) mass is 166 g/mol. The Kier molecular flexibility index (Phi) is 2.36. The molecule has 0 aromatic carbocycles. The molecule has 0 heterocycles. The fraction of sp³-hybridized carbons (Fsp3) is 0.500. The molecule has 0 spiro atoms. The van der Waals surface area contributed by atoms with Crippen molar-refractivity contribution in [1.29, 1.82) is 0 Å². The maximum atomic E-state index is 11.1. The standard InChI is InChI=1S/C10H14O2/c1-6(2)4-5-8-9(11)7(3)10(8)12/h6,11H,3-5H2,1-2H3. The highest BCUT2D eigenvalue weighted by molar-refractivity contribution is 6.18. The average Bonchev–Trinajstić information content (AvgIpc) is 2.03. The van der Waals surface area contributed by atoms with Gasteiger partial charge in [0.05, 0.1) is 5.57 Å². The highest BCUT2D eigenvalue weighted by Gasteiger charge is 2.30. The van der Waals surface area contributed by atoms with E-state index >= 15 is 0 Å². The Labute approximate surface area is 72.6 Å². The summed E-state index contributed by atoms with van der Waals surface area (Å²) >= 11 is 0. The minimum absolute atomic E-state index is 0.0619. The minimum atomic E-state index is -0.0619. The summed E-state index contributed by atoms with van der Waals surface area (Å²) < 4.78 is 0. The molecule has 0 aromatic rings. The zero-order chi connectivity index (χ0) is 9.30. The molecule has 0 aromatic heterocycles. The molecule has 0 unspecified atom stereocenters. The smallest absolute Gasteiger partial charge is 0.195 e. The van der Waals surface area contributed by atoms with E-state index in [4.69, 9.17) is 0 Å². The van der Waals surface area contributed by atoms with Crippen molar-refractivity contribution in [2.24, 2.45) is 5.92 Å². The van der Waals surface area contributed by atoms with Crippen molar-refractivity contribution < 1.29 is 9.90 Å². The molecule has 2 heteroatoms. The first-order valence-corrected chi connectivity index (χ1v) is 4.20. The van der Waals surface area contributed by atoms with Crippen molar-refractivity contribution >= 4 is 5.78 Å². The van der Waals surface area contributed by atoms with Crippen molar-refractivity contribution in [3.63, 3.8) is 0 Å². The molecule has 1 rings (SSSR count). The van der Waals surface area contributed by atoms with Crippen molar-refractivity contribution in [3.8, 4) is 0 Å². The number of hydrogen-bond donors (Lipinski definition) is 1. The second-order valence-corrected chi connectivity index (χ2v) is 3.57. The molecule has 0 aliphatic heterocycles. The van der Waals surface area contributed by atoms with Gasteiger partial charge in [-0.3, -0.25) is 4.79 Å². The molecule has 12 heavy (non-hydrogen) atoms. The van der Waals surface area contributed by atoms with Crippen LogP contribution in [0.1, 0.15) is 26.7 Å². The quantitative estimate of drug-likeness (QED) is 0.653. The number of aliphatic hydroxyl groups is 1. The van der Waals surface area contributed by atoms with E-state index in [1.54, 1.807) is 0 Å². The van der Waals surface area contributed by atoms with E-state index in [0.717, 1.165) is 6.42 Å². The van der Waals surface area contributed by atoms with Crippen molar-refractivity contribution in [2.75, 3.05) is 0 Å². The van der Waals surface area contributed by atoms with Crippen LogP contribution in [0.15, 0.2) is 23.5 Å². The Morgan fingerprint density at radius 3 is 2.50 bits per heavy atom. The van der Waals surface area contributed by atoms with Gasteiger partial charge >= 0.3 is 0 Å². The summed E-state index contributed by atoms with van der Waals surface area (Å²) in [4.78, 5) is 11.1. The normalized spacial score (nSPS) is 17.2. The topological polar surface area (TPSA) is 37.3 Å². The van der Waals surface area contributed by atoms with Crippen LogP contribution in [0.5, 0.6) is 0 Å². The van der Waals surface area contributed by atoms with Gasteiger partial charge in [0, 0.05) is 5.57 Å². The van der Waals surface area contributed by atoms with Crippen LogP contribution in [0.2, 0.25) is 0 Å². The molecule has 1 N–H and O–H groups in total. The summed E-state index contributed by atoms with van der Waals surface area (Å²) in [5.74, 6) is 0.626. The van der Waals surface area contributed by atoms with Gasteiger partial charge in [-0.25, -0.2) is 0 Å². The highest BCUT2D eigenvalue weighted by Crippen LogP contribution is 2.30. The summed E-state index contributed by atoms with van der Waals surface area (Å²) in [5.41, 5.74) is 0.836. The first-order chi connectivity index (χ1) is 5.54. The number of allylic oxidation sites excluding steroid dienone is 2. The van der Waals surface area contributed by atoms with Crippen LogP contribution in [0.25, 0.3) is 0 Å². The lowest BCUT2D eigenvalue weighted by Crippen LogP contribution is -2.21. The summed E-state index contributed by atoms with van der Waals surface area (Å²) in [6.07, 6.45) is 1.62.